The summed E-state index contributed by atoms with van der Waals surface area (Å²) >= 11 is 0. The first-order chi connectivity index (χ1) is 16.3. The number of phenolic OH excluding ortho intramolecular Hbond substituents is 1. The number of nitrogens with two attached hydrogens (primary N) is 1. The summed E-state index contributed by atoms with van der Waals surface area (Å²) in [6.07, 6.45) is -1.68. The Bertz CT molecular complexity index is 1310. The number of fused-ring (bicyclic) bond motifs is 3. The zero-order valence-corrected chi connectivity index (χ0v) is 18.9. The third kappa shape index (κ3) is 2.93. The maximum atomic E-state index is 13.8. The summed E-state index contributed by atoms with van der Waals surface area (Å²) in [7, 11) is 2.86. The topological polar surface area (TPSA) is 230 Å². The van der Waals surface area contributed by atoms with E-state index in [4.69, 9.17) is 11.3 Å². The van der Waals surface area contributed by atoms with Gasteiger partial charge in [-0.3, -0.25) is 19.3 Å². The lowest BCUT2D eigenvalue weighted by Gasteiger charge is -2.53. The Kier molecular flexibility index (Phi) is 5.41. The van der Waals surface area contributed by atoms with Crippen molar-refractivity contribution in [3.8, 4) is 5.75 Å². The highest BCUT2D eigenvalue weighted by molar-refractivity contribution is 6.24. The van der Waals surface area contributed by atoms with E-state index in [1.165, 1.54) is 31.1 Å². The first-order valence-corrected chi connectivity index (χ1v) is 10.6. The fourth-order valence-electron chi connectivity index (χ4n) is 5.73. The number of azide groups is 1. The molecule has 1 amide bonds. The lowest BCUT2D eigenvalue weighted by Crippen LogP contribution is -2.70. The number of likely N-dealkylation sites (N-methyl/N-ethyl adjacent to an activating group) is 1. The first-order valence-electron chi connectivity index (χ1n) is 10.6. The molecular weight excluding hydrogens is 462 g/mol. The minimum atomic E-state index is -2.98. The van der Waals surface area contributed by atoms with Crippen molar-refractivity contribution in [1.29, 1.82) is 0 Å². The van der Waals surface area contributed by atoms with Crippen LogP contribution in [0.3, 0.4) is 0 Å². The van der Waals surface area contributed by atoms with Crippen LogP contribution >= 0.6 is 0 Å². The molecule has 184 valence electrons. The minimum Gasteiger partial charge on any atom is -0.508 e. The molecule has 0 aliphatic heterocycles. The Hall–Kier alpha value is -3.90. The van der Waals surface area contributed by atoms with Crippen molar-refractivity contribution < 1.29 is 39.9 Å². The average Bonchev–Trinajstić information content (AvgIpc) is 2.77. The molecule has 1 aromatic rings. The van der Waals surface area contributed by atoms with Crippen molar-refractivity contribution in [2.75, 3.05) is 14.1 Å². The average molecular weight is 485 g/mol. The van der Waals surface area contributed by atoms with E-state index in [1.807, 2.05) is 0 Å². The van der Waals surface area contributed by atoms with Crippen molar-refractivity contribution >= 4 is 28.9 Å². The van der Waals surface area contributed by atoms with Gasteiger partial charge in [0.15, 0.2) is 11.4 Å². The molecule has 13 heteroatoms. The molecule has 0 heterocycles. The van der Waals surface area contributed by atoms with Crippen molar-refractivity contribution in [3.63, 3.8) is 0 Å². The highest BCUT2D eigenvalue weighted by atomic mass is 16.4. The van der Waals surface area contributed by atoms with Crippen molar-refractivity contribution in [3.05, 3.63) is 50.6 Å². The van der Waals surface area contributed by atoms with Crippen LogP contribution in [0.25, 0.3) is 16.2 Å². The molecule has 35 heavy (non-hydrogen) atoms. The number of benzene rings is 1. The van der Waals surface area contributed by atoms with E-state index in [2.05, 4.69) is 10.0 Å². The van der Waals surface area contributed by atoms with Crippen molar-refractivity contribution in [2.24, 2.45) is 22.7 Å². The molecule has 7 N–H and O–H groups in total. The van der Waals surface area contributed by atoms with Crippen LogP contribution in [-0.4, -0.2) is 79.7 Å². The number of hydrogen-bond donors (Lipinski definition) is 6. The molecule has 13 nitrogen and oxygen atoms in total. The number of aromatic hydroxyl groups is 1. The number of carbonyl (C=O) groups is 3. The molecule has 0 radical (unpaired) electrons. The number of amides is 1. The smallest absolute Gasteiger partial charge is 0.255 e. The zero-order valence-electron chi connectivity index (χ0n) is 18.9. The van der Waals surface area contributed by atoms with Crippen molar-refractivity contribution in [2.45, 2.75) is 30.6 Å². The Morgan fingerprint density at radius 3 is 2.40 bits per heavy atom. The van der Waals surface area contributed by atoms with E-state index in [-0.39, 0.29) is 11.3 Å². The quantitative estimate of drug-likeness (QED) is 0.151. The van der Waals surface area contributed by atoms with Gasteiger partial charge in [0, 0.05) is 16.4 Å². The van der Waals surface area contributed by atoms with E-state index >= 15 is 0 Å². The maximum absolute atomic E-state index is 13.8. The predicted octanol–water partition coefficient (Wildman–Crippen LogP) is 0.438. The van der Waals surface area contributed by atoms with Gasteiger partial charge in [-0.1, -0.05) is 18.1 Å². The summed E-state index contributed by atoms with van der Waals surface area (Å²) in [6.45, 7) is 1.60. The van der Waals surface area contributed by atoms with Crippen LogP contribution in [0.4, 0.5) is 5.69 Å². The van der Waals surface area contributed by atoms with Crippen LogP contribution in [0.2, 0.25) is 0 Å². The van der Waals surface area contributed by atoms with Crippen LogP contribution in [0, 0.1) is 11.8 Å². The molecule has 0 bridgehead atoms. The molecule has 4 rings (SSSR count). The van der Waals surface area contributed by atoms with Gasteiger partial charge in [-0.2, -0.15) is 0 Å². The molecule has 3 aliphatic carbocycles. The summed E-state index contributed by atoms with van der Waals surface area (Å²) in [6, 6.07) is 1.33. The van der Waals surface area contributed by atoms with Crippen LogP contribution < -0.4 is 5.73 Å². The predicted molar refractivity (Wildman–Crippen MR) is 119 cm³/mol. The highest BCUT2D eigenvalue weighted by Gasteiger charge is 2.68. The fraction of sp³-hybridized carbons (Fsp3) is 0.409. The maximum Gasteiger partial charge on any atom is 0.255 e. The number of aliphatic hydroxyl groups is 4. The molecule has 0 aromatic heterocycles. The van der Waals surface area contributed by atoms with Gasteiger partial charge < -0.3 is 31.3 Å². The minimum absolute atomic E-state index is 0.237. The van der Waals surface area contributed by atoms with E-state index in [9.17, 15) is 39.9 Å². The second-order valence-electron chi connectivity index (χ2n) is 9.14. The second-order valence-corrected chi connectivity index (χ2v) is 9.14. The van der Waals surface area contributed by atoms with E-state index in [1.54, 1.807) is 6.92 Å². The van der Waals surface area contributed by atoms with Gasteiger partial charge in [-0.25, -0.2) is 0 Å². The lowest BCUT2D eigenvalue weighted by atomic mass is 9.54. The van der Waals surface area contributed by atoms with Crippen LogP contribution in [0.15, 0.2) is 34.2 Å². The summed E-state index contributed by atoms with van der Waals surface area (Å²) < 4.78 is 0. The number of rotatable bonds is 3. The zero-order chi connectivity index (χ0) is 26.1. The van der Waals surface area contributed by atoms with Crippen LogP contribution in [-0.2, 0) is 14.4 Å². The van der Waals surface area contributed by atoms with Gasteiger partial charge in [-0.05, 0) is 37.2 Å². The molecule has 1 saturated carbocycles. The first kappa shape index (κ1) is 24.2. The van der Waals surface area contributed by atoms with E-state index in [0.717, 1.165) is 0 Å². The molecule has 3 aliphatic rings. The Morgan fingerprint density at radius 2 is 1.86 bits per heavy atom. The summed E-state index contributed by atoms with van der Waals surface area (Å²) in [4.78, 5) is 42.8. The van der Waals surface area contributed by atoms with E-state index in [0.29, 0.717) is 5.56 Å². The third-order valence-electron chi connectivity index (χ3n) is 7.26. The number of phenols is 1. The summed E-state index contributed by atoms with van der Waals surface area (Å²) in [5.74, 6) is -9.90. The molecular formula is C22H23N5O8. The Balaban J connectivity index is 2.07. The number of nitrogens with zero attached hydrogens (tertiary/aromatic N) is 4. The number of primary amides is 1. The second kappa shape index (κ2) is 7.82. The van der Waals surface area contributed by atoms with Gasteiger partial charge in [0.05, 0.1) is 29.3 Å². The van der Waals surface area contributed by atoms with Gasteiger partial charge in [0.25, 0.3) is 5.91 Å². The van der Waals surface area contributed by atoms with E-state index < -0.39 is 81.4 Å². The number of ketones is 2. The lowest BCUT2D eigenvalue weighted by molar-refractivity contribution is -0.169. The van der Waals surface area contributed by atoms with Gasteiger partial charge in [0.1, 0.15) is 22.8 Å². The number of carbonyl (C=O) groups excluding carboxylic acids is 3. The monoisotopic (exact) mass is 485 g/mol. The fourth-order valence-corrected chi connectivity index (χ4v) is 5.73. The summed E-state index contributed by atoms with van der Waals surface area (Å²) in [5, 5.41) is 58.9. The third-order valence-corrected chi connectivity index (χ3v) is 7.26. The molecule has 1 aromatic carbocycles. The number of hydrogen-bond acceptors (Lipinski definition) is 10. The van der Waals surface area contributed by atoms with Crippen LogP contribution in [0.5, 0.6) is 5.75 Å². The van der Waals surface area contributed by atoms with Crippen LogP contribution in [0.1, 0.15) is 24.0 Å². The largest absolute Gasteiger partial charge is 0.508 e. The van der Waals surface area contributed by atoms with Gasteiger partial charge in [-0.15, -0.1) is 0 Å². The molecule has 6 unspecified atom stereocenters. The molecule has 1 fully saturated rings. The Morgan fingerprint density at radius 1 is 1.23 bits per heavy atom. The SMILES string of the molecule is CC1c2ccc(N=[N+]=[N-])c(O)c2C(O)=C2C(=O)C3(O)C(O)=C(C(N)=O)C(=O)C(N(C)C)C3C(O)C21. The normalized spacial score (nSPS) is 32.1. The van der Waals surface area contributed by atoms with Crippen molar-refractivity contribution in [1.82, 2.24) is 4.90 Å². The van der Waals surface area contributed by atoms with Gasteiger partial charge >= 0.3 is 0 Å². The Labute approximate surface area is 198 Å². The van der Waals surface area contributed by atoms with Gasteiger partial charge in [0.2, 0.25) is 5.78 Å². The molecule has 0 saturated heterocycles. The molecule has 6 atom stereocenters. The molecule has 0 spiro atoms. The summed E-state index contributed by atoms with van der Waals surface area (Å²) in [5.41, 5.74) is 9.33. The number of Topliss-reactive ketones (excluding diaryl/α,β-unsaturated/α-hetero) is 2. The standard InChI is InChI=1S/C22H23N5O8/c1-6-7-4-5-8(25-26-24)15(28)10(7)16(29)11-9(6)17(30)13-14(27(2)3)18(31)12(21(23)34)20(33)22(13,35)19(11)32/h4-6,9,13-14,17,28-30,33,35H,1-3H3,(H2,23,34). The number of aliphatic hydroxyl groups excluding tert-OH is 3. The highest BCUT2D eigenvalue weighted by Crippen LogP contribution is 2.56.